The van der Waals surface area contributed by atoms with Crippen molar-refractivity contribution in [3.63, 3.8) is 0 Å². The van der Waals surface area contributed by atoms with E-state index >= 15 is 0 Å². The van der Waals surface area contributed by atoms with Crippen LogP contribution in [0.2, 0.25) is 0 Å². The second kappa shape index (κ2) is 52.5. The Morgan fingerprint density at radius 3 is 1.12 bits per heavy atom. The number of aliphatic hydroxyl groups is 11. The van der Waals surface area contributed by atoms with E-state index in [1.165, 1.54) is 212 Å². The molecule has 0 aromatic heterocycles. The van der Waals surface area contributed by atoms with Crippen molar-refractivity contribution < 1.29 is 89.4 Å². The quantitative estimate of drug-likeness (QED) is 0.0199. The fourth-order valence-electron chi connectivity index (χ4n) is 12.4. The molecule has 3 aliphatic rings. The smallest absolute Gasteiger partial charge is 0.220 e. The lowest BCUT2D eigenvalue weighted by molar-refractivity contribution is -0.379. The molecule has 524 valence electrons. The van der Waals surface area contributed by atoms with Crippen molar-refractivity contribution in [1.82, 2.24) is 5.32 Å². The van der Waals surface area contributed by atoms with Crippen LogP contribution in [0.5, 0.6) is 0 Å². The van der Waals surface area contributed by atoms with Gasteiger partial charge in [-0.15, -0.1) is 0 Å². The van der Waals surface area contributed by atoms with Gasteiger partial charge in [0.2, 0.25) is 5.91 Å². The molecule has 1 amide bonds. The van der Waals surface area contributed by atoms with Crippen LogP contribution in [0.4, 0.5) is 0 Å². The van der Waals surface area contributed by atoms with Gasteiger partial charge in [0.05, 0.1) is 38.6 Å². The summed E-state index contributed by atoms with van der Waals surface area (Å²) in [5, 5.41) is 121. The molecule has 19 heteroatoms. The molecule has 0 spiro atoms. The lowest BCUT2D eigenvalue weighted by Crippen LogP contribution is -2.66. The van der Waals surface area contributed by atoms with Gasteiger partial charge in [-0.1, -0.05) is 269 Å². The van der Waals surface area contributed by atoms with Gasteiger partial charge in [-0.3, -0.25) is 4.79 Å². The Morgan fingerprint density at radius 2 is 0.719 bits per heavy atom. The van der Waals surface area contributed by atoms with Gasteiger partial charge in [0.25, 0.3) is 0 Å². The number of amides is 1. The van der Waals surface area contributed by atoms with E-state index in [0.717, 1.165) is 38.5 Å². The number of unbranched alkanes of at least 4 members (excludes halogenated alkanes) is 38. The number of allylic oxidation sites excluding steroid dienone is 3. The lowest BCUT2D eigenvalue weighted by Gasteiger charge is -2.48. The summed E-state index contributed by atoms with van der Waals surface area (Å²) in [7, 11) is 0. The highest BCUT2D eigenvalue weighted by Crippen LogP contribution is 2.33. The molecule has 0 radical (unpaired) electrons. The van der Waals surface area contributed by atoms with Crippen molar-refractivity contribution >= 4 is 5.91 Å². The van der Waals surface area contributed by atoms with E-state index in [-0.39, 0.29) is 18.9 Å². The van der Waals surface area contributed by atoms with E-state index in [9.17, 15) is 61.0 Å². The van der Waals surface area contributed by atoms with E-state index in [1.54, 1.807) is 6.08 Å². The molecule has 0 aromatic rings. The summed E-state index contributed by atoms with van der Waals surface area (Å²) in [6.07, 6.45) is 33.0. The minimum Gasteiger partial charge on any atom is -0.394 e. The minimum absolute atomic E-state index is 0.241. The molecule has 0 bridgehead atoms. The number of ether oxygens (including phenoxy) is 6. The highest BCUT2D eigenvalue weighted by atomic mass is 16.8. The Hall–Kier alpha value is -1.73. The van der Waals surface area contributed by atoms with Gasteiger partial charge in [0.1, 0.15) is 73.2 Å². The second-order valence-electron chi connectivity index (χ2n) is 26.1. The van der Waals surface area contributed by atoms with Gasteiger partial charge in [0.15, 0.2) is 18.9 Å². The molecule has 3 heterocycles. The molecular weight excluding hydrogens is 1140 g/mol. The summed E-state index contributed by atoms with van der Waals surface area (Å²) in [5.41, 5.74) is 0. The number of hydrogen-bond acceptors (Lipinski definition) is 18. The molecule has 3 aliphatic heterocycles. The topological polar surface area (TPSA) is 307 Å². The average molecular weight is 1270 g/mol. The van der Waals surface area contributed by atoms with Gasteiger partial charge in [-0.25, -0.2) is 0 Å². The summed E-state index contributed by atoms with van der Waals surface area (Å²) in [5.74, 6) is -0.280. The highest BCUT2D eigenvalue weighted by Gasteiger charge is 2.53. The van der Waals surface area contributed by atoms with Gasteiger partial charge < -0.3 is 89.9 Å². The Balaban J connectivity index is 1.44. The zero-order valence-corrected chi connectivity index (χ0v) is 55.4. The van der Waals surface area contributed by atoms with Crippen LogP contribution in [-0.2, 0) is 33.2 Å². The standard InChI is InChI=1S/C70H131NO18/c1-3-5-7-9-11-13-15-17-19-21-23-25-26-27-28-29-31-33-35-37-39-41-43-45-47-54(75)53(71-58(76)48-46-44-42-40-38-36-34-32-30-24-22-20-18-16-14-12-10-8-6-4-2)52-84-68-64(82)61(79)66(56(50-73)86-68)89-70-65(83)62(80)67(57(51-74)87-70)88-69-63(81)60(78)59(77)55(49-72)85-69/h37,39,45,47,53-57,59-70,72-75,77-83H,3-36,38,40-44,46,48-52H2,1-2H3,(H,71,76)/b39-37+,47-45+. The van der Waals surface area contributed by atoms with Gasteiger partial charge >= 0.3 is 0 Å². The molecule has 17 unspecified atom stereocenters. The number of rotatable bonds is 56. The molecule has 0 saturated carbocycles. The zero-order chi connectivity index (χ0) is 64.7. The van der Waals surface area contributed by atoms with E-state index in [1.807, 2.05) is 6.08 Å². The Bertz CT molecular complexity index is 1710. The molecule has 3 saturated heterocycles. The molecule has 17 atom stereocenters. The van der Waals surface area contributed by atoms with Crippen molar-refractivity contribution in [3.05, 3.63) is 24.3 Å². The van der Waals surface area contributed by atoms with Crippen LogP contribution < -0.4 is 5.32 Å². The number of carbonyl (C=O) groups excluding carboxylic acids is 1. The van der Waals surface area contributed by atoms with Crippen LogP contribution in [0.25, 0.3) is 0 Å². The summed E-state index contributed by atoms with van der Waals surface area (Å²) >= 11 is 0. The first-order chi connectivity index (χ1) is 43.3. The first-order valence-electron chi connectivity index (χ1n) is 36.1. The third kappa shape index (κ3) is 34.5. The number of carbonyl (C=O) groups is 1. The number of aliphatic hydroxyl groups excluding tert-OH is 11. The maximum Gasteiger partial charge on any atom is 0.220 e. The third-order valence-electron chi connectivity index (χ3n) is 18.3. The van der Waals surface area contributed by atoms with Crippen LogP contribution in [-0.4, -0.2) is 193 Å². The van der Waals surface area contributed by atoms with Gasteiger partial charge in [-0.2, -0.15) is 0 Å². The van der Waals surface area contributed by atoms with Crippen LogP contribution in [0, 0.1) is 0 Å². The molecule has 3 rings (SSSR count). The van der Waals surface area contributed by atoms with E-state index in [2.05, 4.69) is 31.3 Å². The van der Waals surface area contributed by atoms with Crippen LogP contribution in [0.15, 0.2) is 24.3 Å². The van der Waals surface area contributed by atoms with E-state index < -0.39 is 124 Å². The van der Waals surface area contributed by atoms with Crippen LogP contribution in [0.3, 0.4) is 0 Å². The first-order valence-corrected chi connectivity index (χ1v) is 36.1. The lowest BCUT2D eigenvalue weighted by atomic mass is 9.96. The molecule has 12 N–H and O–H groups in total. The fourth-order valence-corrected chi connectivity index (χ4v) is 12.4. The number of nitrogens with one attached hydrogen (secondary N) is 1. The summed E-state index contributed by atoms with van der Waals surface area (Å²) in [6, 6.07) is -0.987. The monoisotopic (exact) mass is 1270 g/mol. The predicted molar refractivity (Wildman–Crippen MR) is 346 cm³/mol. The molecule has 0 aromatic carbocycles. The zero-order valence-electron chi connectivity index (χ0n) is 55.4. The van der Waals surface area contributed by atoms with Crippen molar-refractivity contribution in [1.29, 1.82) is 0 Å². The number of hydrogen-bond donors (Lipinski definition) is 12. The van der Waals surface area contributed by atoms with Crippen molar-refractivity contribution in [2.45, 2.75) is 388 Å². The van der Waals surface area contributed by atoms with Gasteiger partial charge in [-0.05, 0) is 32.1 Å². The predicted octanol–water partition coefficient (Wildman–Crippen LogP) is 9.83. The SMILES string of the molecule is CCCCCCCCCCCCCCCCCCCC/C=C/CC/C=C/C(O)C(COC1OC(CO)C(OC2OC(CO)C(OC3OC(CO)C(O)C(O)C3O)C(O)C2O)C(O)C1O)NC(=O)CCCCCCCCCCCCCCCCCCCCCC. The van der Waals surface area contributed by atoms with Crippen LogP contribution in [0.1, 0.15) is 284 Å². The van der Waals surface area contributed by atoms with Crippen molar-refractivity contribution in [2.75, 3.05) is 26.4 Å². The molecule has 89 heavy (non-hydrogen) atoms. The second-order valence-corrected chi connectivity index (χ2v) is 26.1. The Labute approximate surface area is 537 Å². The maximum absolute atomic E-state index is 13.4. The largest absolute Gasteiger partial charge is 0.394 e. The normalized spacial score (nSPS) is 28.3. The summed E-state index contributed by atoms with van der Waals surface area (Å²) in [6.45, 7) is 1.76. The van der Waals surface area contributed by atoms with E-state index in [4.69, 9.17) is 28.4 Å². The van der Waals surface area contributed by atoms with Crippen molar-refractivity contribution in [2.24, 2.45) is 0 Å². The highest BCUT2D eigenvalue weighted by molar-refractivity contribution is 5.76. The van der Waals surface area contributed by atoms with E-state index in [0.29, 0.717) is 12.8 Å². The minimum atomic E-state index is -1.98. The molecule has 19 nitrogen and oxygen atoms in total. The maximum atomic E-state index is 13.4. The summed E-state index contributed by atoms with van der Waals surface area (Å²) in [4.78, 5) is 13.4. The Kier molecular flexibility index (Phi) is 48.1. The first kappa shape index (κ1) is 81.5. The summed E-state index contributed by atoms with van der Waals surface area (Å²) < 4.78 is 34.4. The Morgan fingerprint density at radius 1 is 0.393 bits per heavy atom. The third-order valence-corrected chi connectivity index (χ3v) is 18.3. The fraction of sp³-hybridized carbons (Fsp3) is 0.929. The van der Waals surface area contributed by atoms with Gasteiger partial charge in [0, 0.05) is 6.42 Å². The average Bonchev–Trinajstić information content (AvgIpc) is 1.92. The molecule has 0 aliphatic carbocycles. The molecular formula is C70H131NO18. The van der Waals surface area contributed by atoms with Crippen molar-refractivity contribution in [3.8, 4) is 0 Å². The molecule has 3 fully saturated rings. The van der Waals surface area contributed by atoms with Crippen LogP contribution >= 0.6 is 0 Å².